The summed E-state index contributed by atoms with van der Waals surface area (Å²) < 4.78 is 5.40. The number of carbonyl (C=O) groups is 1. The number of anilines is 3. The molecular formula is C26H33N5O3. The number of aliphatic hydroxyl groups is 1. The molecule has 0 aromatic heterocycles. The van der Waals surface area contributed by atoms with Crippen molar-refractivity contribution < 1.29 is 14.6 Å². The van der Waals surface area contributed by atoms with Crippen LogP contribution < -0.4 is 21.3 Å². The Morgan fingerprint density at radius 3 is 2.29 bits per heavy atom. The van der Waals surface area contributed by atoms with Crippen molar-refractivity contribution in [1.29, 1.82) is 0 Å². The van der Waals surface area contributed by atoms with Crippen LogP contribution in [0.15, 0.2) is 72.0 Å². The molecular weight excluding hydrogens is 430 g/mol. The highest BCUT2D eigenvalue weighted by atomic mass is 16.5. The summed E-state index contributed by atoms with van der Waals surface area (Å²) in [5.41, 5.74) is 10.1. The zero-order chi connectivity index (χ0) is 24.5. The topological polar surface area (TPSA) is 112 Å². The Morgan fingerprint density at radius 1 is 1.09 bits per heavy atom. The normalized spacial score (nSPS) is 15.4. The van der Waals surface area contributed by atoms with Crippen LogP contribution in [0.1, 0.15) is 19.4 Å². The average Bonchev–Trinajstić information content (AvgIpc) is 2.84. The highest BCUT2D eigenvalue weighted by Gasteiger charge is 2.18. The number of nitrogens with one attached hydrogen (secondary N) is 2. The summed E-state index contributed by atoms with van der Waals surface area (Å²) in [4.78, 5) is 18.5. The van der Waals surface area contributed by atoms with Crippen molar-refractivity contribution in [1.82, 2.24) is 0 Å². The number of carbonyl (C=O) groups excluding carboxylic acids is 1. The number of rotatable bonds is 9. The molecule has 1 heterocycles. The monoisotopic (exact) mass is 463 g/mol. The van der Waals surface area contributed by atoms with Crippen molar-refractivity contribution in [2.24, 2.45) is 16.6 Å². The number of benzene rings is 2. The number of hydrogen-bond acceptors (Lipinski definition) is 7. The molecule has 0 aliphatic carbocycles. The van der Waals surface area contributed by atoms with E-state index in [1.807, 2.05) is 12.1 Å². The van der Waals surface area contributed by atoms with Gasteiger partial charge >= 0.3 is 0 Å². The fourth-order valence-corrected chi connectivity index (χ4v) is 3.34. The molecule has 1 aliphatic heterocycles. The number of allylic oxidation sites excluding steroid dienone is 1. The molecule has 34 heavy (non-hydrogen) atoms. The van der Waals surface area contributed by atoms with E-state index in [1.165, 1.54) is 5.69 Å². The second kappa shape index (κ2) is 12.0. The van der Waals surface area contributed by atoms with Gasteiger partial charge in [-0.1, -0.05) is 32.6 Å². The second-order valence-corrected chi connectivity index (χ2v) is 8.37. The number of nitrogens with zero attached hydrogens (tertiary/aromatic N) is 2. The molecule has 180 valence electrons. The zero-order valence-electron chi connectivity index (χ0n) is 19.7. The van der Waals surface area contributed by atoms with Gasteiger partial charge in [0.05, 0.1) is 13.2 Å². The highest BCUT2D eigenvalue weighted by molar-refractivity contribution is 5.94. The van der Waals surface area contributed by atoms with Crippen molar-refractivity contribution in [2.45, 2.75) is 20.0 Å². The van der Waals surface area contributed by atoms with Crippen LogP contribution in [0.4, 0.5) is 17.1 Å². The molecule has 5 N–H and O–H groups in total. The molecule has 0 spiro atoms. The summed E-state index contributed by atoms with van der Waals surface area (Å²) in [5, 5.41) is 15.7. The molecule has 2 aromatic rings. The molecule has 1 fully saturated rings. The minimum Gasteiger partial charge on any atom is -0.398 e. The lowest BCUT2D eigenvalue weighted by molar-refractivity contribution is -0.125. The zero-order valence-corrected chi connectivity index (χ0v) is 19.7. The number of ether oxygens (including phenoxy) is 1. The summed E-state index contributed by atoms with van der Waals surface area (Å²) in [6.07, 6.45) is 2.22. The fraction of sp³-hybridized carbons (Fsp3) is 0.308. The van der Waals surface area contributed by atoms with E-state index in [9.17, 15) is 9.90 Å². The number of hydrogen-bond donors (Lipinski definition) is 4. The van der Waals surface area contributed by atoms with Gasteiger partial charge in [-0.3, -0.25) is 4.79 Å². The van der Waals surface area contributed by atoms with Gasteiger partial charge < -0.3 is 31.1 Å². The smallest absolute Gasteiger partial charge is 0.253 e. The molecule has 1 amide bonds. The standard InChI is InChI=1S/C26H33N5O3/c1-18(2)25(32)26(33)30-22-6-4-20(5-7-22)24(27)12-13-28-19(3)29-21-8-10-23(11-9-21)31-14-16-34-17-15-31/h4-13,18,25,29,32H,3,14-17,27H2,1-2H3,(H,30,33)/b24-12-,28-13?/t25-/m1/s1. The van der Waals surface area contributed by atoms with Gasteiger partial charge in [-0.25, -0.2) is 4.99 Å². The molecule has 1 aliphatic rings. The van der Waals surface area contributed by atoms with Gasteiger partial charge in [-0.05, 0) is 54.0 Å². The van der Waals surface area contributed by atoms with E-state index >= 15 is 0 Å². The van der Waals surface area contributed by atoms with Gasteiger partial charge in [0.1, 0.15) is 11.9 Å². The van der Waals surface area contributed by atoms with Gasteiger partial charge in [0, 0.05) is 42.1 Å². The Kier molecular flexibility index (Phi) is 8.84. The molecule has 3 rings (SSSR count). The largest absolute Gasteiger partial charge is 0.398 e. The van der Waals surface area contributed by atoms with Crippen LogP contribution in [-0.2, 0) is 9.53 Å². The summed E-state index contributed by atoms with van der Waals surface area (Å²) in [6, 6.07) is 15.2. The molecule has 1 atom stereocenters. The molecule has 8 nitrogen and oxygen atoms in total. The van der Waals surface area contributed by atoms with E-state index in [0.717, 1.165) is 37.6 Å². The van der Waals surface area contributed by atoms with Gasteiger partial charge in [0.25, 0.3) is 5.91 Å². The third kappa shape index (κ3) is 7.19. The molecule has 0 bridgehead atoms. The first-order chi connectivity index (χ1) is 16.3. The van der Waals surface area contributed by atoms with Crippen molar-refractivity contribution >= 4 is 34.9 Å². The first kappa shape index (κ1) is 25.0. The van der Waals surface area contributed by atoms with Crippen LogP contribution in [0, 0.1) is 5.92 Å². The van der Waals surface area contributed by atoms with Crippen LogP contribution >= 0.6 is 0 Å². The van der Waals surface area contributed by atoms with E-state index < -0.39 is 12.0 Å². The lowest BCUT2D eigenvalue weighted by atomic mass is 10.1. The molecule has 0 unspecified atom stereocenters. The van der Waals surface area contributed by atoms with E-state index in [0.29, 0.717) is 17.2 Å². The Morgan fingerprint density at radius 2 is 1.68 bits per heavy atom. The SMILES string of the molecule is C=C(N=C/C=C(\N)c1ccc(NC(=O)[C@H](O)C(C)C)cc1)Nc1ccc(N2CCOCC2)cc1. The summed E-state index contributed by atoms with van der Waals surface area (Å²) in [7, 11) is 0. The summed E-state index contributed by atoms with van der Waals surface area (Å²) in [5.74, 6) is -0.0964. The Hall–Kier alpha value is -3.62. The minimum atomic E-state index is -1.05. The van der Waals surface area contributed by atoms with Crippen LogP contribution in [0.2, 0.25) is 0 Å². The Balaban J connectivity index is 1.51. The molecule has 0 saturated carbocycles. The second-order valence-electron chi connectivity index (χ2n) is 8.37. The molecule has 8 heteroatoms. The number of amides is 1. The lowest BCUT2D eigenvalue weighted by Crippen LogP contribution is -2.36. The van der Waals surface area contributed by atoms with Gasteiger partial charge in [-0.2, -0.15) is 0 Å². The first-order valence-corrected chi connectivity index (χ1v) is 11.3. The number of aliphatic hydroxyl groups excluding tert-OH is 1. The molecule has 1 saturated heterocycles. The Bertz CT molecular complexity index is 1020. The highest BCUT2D eigenvalue weighted by Crippen LogP contribution is 2.20. The van der Waals surface area contributed by atoms with Gasteiger partial charge in [0.15, 0.2) is 0 Å². The average molecular weight is 464 g/mol. The van der Waals surface area contributed by atoms with Crippen molar-refractivity contribution in [3.63, 3.8) is 0 Å². The summed E-state index contributed by atoms with van der Waals surface area (Å²) >= 11 is 0. The predicted octanol–water partition coefficient (Wildman–Crippen LogP) is 3.43. The summed E-state index contributed by atoms with van der Waals surface area (Å²) in [6.45, 7) is 10.8. The van der Waals surface area contributed by atoms with E-state index in [-0.39, 0.29) is 5.92 Å². The maximum atomic E-state index is 12.0. The third-order valence-corrected chi connectivity index (χ3v) is 5.40. The van der Waals surface area contributed by atoms with Crippen molar-refractivity contribution in [2.75, 3.05) is 41.8 Å². The van der Waals surface area contributed by atoms with Gasteiger partial charge in [0.2, 0.25) is 0 Å². The fourth-order valence-electron chi connectivity index (χ4n) is 3.34. The van der Waals surface area contributed by atoms with Crippen LogP contribution in [0.3, 0.4) is 0 Å². The van der Waals surface area contributed by atoms with E-state index in [1.54, 1.807) is 50.4 Å². The molecule has 2 aromatic carbocycles. The third-order valence-electron chi connectivity index (χ3n) is 5.40. The minimum absolute atomic E-state index is 0.157. The van der Waals surface area contributed by atoms with E-state index in [4.69, 9.17) is 10.5 Å². The van der Waals surface area contributed by atoms with Crippen LogP contribution in [0.25, 0.3) is 5.70 Å². The number of aliphatic imine (C=N–C) groups is 1. The number of morpholine rings is 1. The maximum Gasteiger partial charge on any atom is 0.253 e. The first-order valence-electron chi connectivity index (χ1n) is 11.3. The quantitative estimate of drug-likeness (QED) is 0.424. The van der Waals surface area contributed by atoms with Crippen molar-refractivity contribution in [3.8, 4) is 0 Å². The lowest BCUT2D eigenvalue weighted by Gasteiger charge is -2.28. The van der Waals surface area contributed by atoms with Crippen molar-refractivity contribution in [3.05, 3.63) is 72.6 Å². The van der Waals surface area contributed by atoms with E-state index in [2.05, 4.69) is 39.2 Å². The Labute approximate surface area is 200 Å². The molecule has 0 radical (unpaired) electrons. The number of nitrogens with two attached hydrogens (primary N) is 1. The van der Waals surface area contributed by atoms with Gasteiger partial charge in [-0.15, -0.1) is 0 Å². The predicted molar refractivity (Wildman–Crippen MR) is 139 cm³/mol. The van der Waals surface area contributed by atoms with Crippen LogP contribution in [0.5, 0.6) is 0 Å². The van der Waals surface area contributed by atoms with Crippen LogP contribution in [-0.4, -0.2) is 49.6 Å². The maximum absolute atomic E-state index is 12.0.